The van der Waals surface area contributed by atoms with Crippen molar-refractivity contribution in [3.63, 3.8) is 0 Å². The normalized spacial score (nSPS) is 19.0. The van der Waals surface area contributed by atoms with Gasteiger partial charge in [0.15, 0.2) is 0 Å². The Morgan fingerprint density at radius 2 is 2.09 bits per heavy atom. The third kappa shape index (κ3) is 3.19. The monoisotopic (exact) mass is 315 g/mol. The second-order valence-corrected chi connectivity index (χ2v) is 6.49. The first-order valence-electron chi connectivity index (χ1n) is 7.95. The first-order valence-corrected chi connectivity index (χ1v) is 8.72. The fourth-order valence-corrected chi connectivity index (χ4v) is 3.82. The molecule has 0 aliphatic carbocycles. The summed E-state index contributed by atoms with van der Waals surface area (Å²) in [7, 11) is 0. The zero-order chi connectivity index (χ0) is 15.4. The largest absolute Gasteiger partial charge is 0.338 e. The Balaban J connectivity index is 1.69. The number of likely N-dealkylation sites (tertiary alicyclic amines) is 1. The average molecular weight is 315 g/mol. The Morgan fingerprint density at radius 1 is 1.27 bits per heavy atom. The summed E-state index contributed by atoms with van der Waals surface area (Å²) in [6, 6.07) is 10.6. The van der Waals surface area contributed by atoms with Gasteiger partial charge in [-0.25, -0.2) is 0 Å². The number of rotatable bonds is 3. The Hall–Kier alpha value is -1.75. The number of amides is 1. The molecular formula is C17H21N3OS. The zero-order valence-electron chi connectivity index (χ0n) is 12.9. The van der Waals surface area contributed by atoms with Gasteiger partial charge in [0.05, 0.1) is 5.69 Å². The van der Waals surface area contributed by atoms with Gasteiger partial charge in [-0.05, 0) is 48.7 Å². The van der Waals surface area contributed by atoms with Gasteiger partial charge < -0.3 is 4.90 Å². The van der Waals surface area contributed by atoms with Crippen LogP contribution in [0.2, 0.25) is 0 Å². The van der Waals surface area contributed by atoms with Crippen LogP contribution in [-0.2, 0) is 6.42 Å². The van der Waals surface area contributed by atoms with E-state index in [1.807, 2.05) is 11.8 Å². The molecule has 1 amide bonds. The summed E-state index contributed by atoms with van der Waals surface area (Å²) in [4.78, 5) is 15.4. The highest BCUT2D eigenvalue weighted by molar-refractivity contribution is 7.08. The van der Waals surface area contributed by atoms with Crippen LogP contribution in [0.4, 0.5) is 0 Å². The Labute approximate surface area is 135 Å². The molecule has 1 aliphatic heterocycles. The highest BCUT2D eigenvalue weighted by Crippen LogP contribution is 2.28. The van der Waals surface area contributed by atoms with Crippen molar-refractivity contribution in [3.05, 3.63) is 46.5 Å². The van der Waals surface area contributed by atoms with Gasteiger partial charge in [0.2, 0.25) is 0 Å². The molecule has 0 saturated carbocycles. The number of aryl methyl sites for hydroxylation is 1. The third-order valence-corrected chi connectivity index (χ3v) is 5.13. The molecule has 1 aromatic carbocycles. The van der Waals surface area contributed by atoms with E-state index in [-0.39, 0.29) is 5.91 Å². The van der Waals surface area contributed by atoms with Gasteiger partial charge in [0.25, 0.3) is 5.91 Å². The minimum Gasteiger partial charge on any atom is -0.338 e. The molecule has 1 aromatic heterocycles. The van der Waals surface area contributed by atoms with Gasteiger partial charge in [-0.15, -0.1) is 5.10 Å². The lowest BCUT2D eigenvalue weighted by Crippen LogP contribution is -2.32. The number of nitrogens with zero attached hydrogens (tertiary/aromatic N) is 3. The summed E-state index contributed by atoms with van der Waals surface area (Å²) in [6.07, 6.45) is 4.00. The molecule has 116 valence electrons. The van der Waals surface area contributed by atoms with E-state index in [4.69, 9.17) is 0 Å². The molecule has 0 N–H and O–H groups in total. The Kier molecular flexibility index (Phi) is 4.83. The van der Waals surface area contributed by atoms with Gasteiger partial charge in [-0.2, -0.15) is 0 Å². The molecule has 2 aromatic rings. The molecule has 0 spiro atoms. The van der Waals surface area contributed by atoms with E-state index < -0.39 is 0 Å². The average Bonchev–Trinajstić information content (AvgIpc) is 2.91. The van der Waals surface area contributed by atoms with E-state index in [2.05, 4.69) is 39.9 Å². The van der Waals surface area contributed by atoms with E-state index >= 15 is 0 Å². The summed E-state index contributed by atoms with van der Waals surface area (Å²) in [5.41, 5.74) is 2.23. The quantitative estimate of drug-likeness (QED) is 0.870. The SMILES string of the molecule is CCc1nnsc1C(=O)N1CCC[C@H](c2ccccc2)CC1. The van der Waals surface area contributed by atoms with Gasteiger partial charge in [0, 0.05) is 13.1 Å². The standard InChI is InChI=1S/C17H21N3OS/c1-2-15-16(22-19-18-15)17(21)20-11-6-9-14(10-12-20)13-7-4-3-5-8-13/h3-5,7-8,14H,2,6,9-12H2,1H3/t14-/m0/s1. The molecule has 22 heavy (non-hydrogen) atoms. The predicted molar refractivity (Wildman–Crippen MR) is 88.2 cm³/mol. The second-order valence-electron chi connectivity index (χ2n) is 5.73. The highest BCUT2D eigenvalue weighted by atomic mass is 32.1. The van der Waals surface area contributed by atoms with Crippen molar-refractivity contribution < 1.29 is 4.79 Å². The molecule has 1 atom stereocenters. The summed E-state index contributed by atoms with van der Waals surface area (Å²) >= 11 is 1.23. The van der Waals surface area contributed by atoms with Crippen LogP contribution >= 0.6 is 11.5 Å². The van der Waals surface area contributed by atoms with Gasteiger partial charge in [-0.1, -0.05) is 41.7 Å². The minimum absolute atomic E-state index is 0.112. The van der Waals surface area contributed by atoms with E-state index in [1.165, 1.54) is 17.1 Å². The molecule has 1 fully saturated rings. The van der Waals surface area contributed by atoms with Crippen molar-refractivity contribution in [2.24, 2.45) is 0 Å². The number of benzene rings is 1. The van der Waals surface area contributed by atoms with E-state index in [9.17, 15) is 4.79 Å². The first kappa shape index (κ1) is 15.2. The minimum atomic E-state index is 0.112. The second kappa shape index (κ2) is 7.01. The number of hydrogen-bond acceptors (Lipinski definition) is 4. The van der Waals surface area contributed by atoms with Gasteiger partial charge >= 0.3 is 0 Å². The first-order chi connectivity index (χ1) is 10.8. The van der Waals surface area contributed by atoms with Crippen LogP contribution in [0, 0.1) is 0 Å². The van der Waals surface area contributed by atoms with Crippen molar-refractivity contribution >= 4 is 17.4 Å². The number of aromatic nitrogens is 2. The number of hydrogen-bond donors (Lipinski definition) is 0. The van der Waals surface area contributed by atoms with Gasteiger partial charge in [0.1, 0.15) is 4.88 Å². The Bertz CT molecular complexity index is 626. The van der Waals surface area contributed by atoms with Crippen LogP contribution in [0.15, 0.2) is 30.3 Å². The third-order valence-electron chi connectivity index (χ3n) is 4.37. The zero-order valence-corrected chi connectivity index (χ0v) is 13.7. The molecule has 4 nitrogen and oxygen atoms in total. The lowest BCUT2D eigenvalue weighted by atomic mass is 9.92. The molecule has 3 rings (SSSR count). The Morgan fingerprint density at radius 3 is 2.86 bits per heavy atom. The van der Waals surface area contributed by atoms with Gasteiger partial charge in [-0.3, -0.25) is 4.79 Å². The lowest BCUT2D eigenvalue weighted by Gasteiger charge is -2.20. The summed E-state index contributed by atoms with van der Waals surface area (Å²) in [6.45, 7) is 3.67. The fraction of sp³-hybridized carbons (Fsp3) is 0.471. The lowest BCUT2D eigenvalue weighted by molar-refractivity contribution is 0.0764. The molecule has 1 aliphatic rings. The molecule has 2 heterocycles. The van der Waals surface area contributed by atoms with Crippen LogP contribution in [0.25, 0.3) is 0 Å². The van der Waals surface area contributed by atoms with Crippen molar-refractivity contribution in [3.8, 4) is 0 Å². The van der Waals surface area contributed by atoms with Crippen LogP contribution < -0.4 is 0 Å². The maximum atomic E-state index is 12.7. The summed E-state index contributed by atoms with van der Waals surface area (Å²) < 4.78 is 3.94. The molecule has 5 heteroatoms. The predicted octanol–water partition coefficient (Wildman–Crippen LogP) is 3.51. The number of carbonyl (C=O) groups excluding carboxylic acids is 1. The van der Waals surface area contributed by atoms with E-state index in [0.717, 1.165) is 49.3 Å². The fourth-order valence-electron chi connectivity index (χ4n) is 3.10. The van der Waals surface area contributed by atoms with Crippen molar-refractivity contribution in [2.45, 2.75) is 38.5 Å². The topological polar surface area (TPSA) is 46.1 Å². The van der Waals surface area contributed by atoms with Crippen molar-refractivity contribution in [2.75, 3.05) is 13.1 Å². The smallest absolute Gasteiger partial charge is 0.267 e. The van der Waals surface area contributed by atoms with E-state index in [0.29, 0.717) is 5.92 Å². The highest BCUT2D eigenvalue weighted by Gasteiger charge is 2.25. The maximum Gasteiger partial charge on any atom is 0.267 e. The molecule has 0 radical (unpaired) electrons. The summed E-state index contributed by atoms with van der Waals surface area (Å²) in [5.74, 6) is 0.671. The molecular weight excluding hydrogens is 294 g/mol. The van der Waals surface area contributed by atoms with Crippen molar-refractivity contribution in [1.82, 2.24) is 14.5 Å². The van der Waals surface area contributed by atoms with Crippen LogP contribution in [0.3, 0.4) is 0 Å². The van der Waals surface area contributed by atoms with Crippen LogP contribution in [0.5, 0.6) is 0 Å². The number of carbonyl (C=O) groups is 1. The van der Waals surface area contributed by atoms with Crippen LogP contribution in [0.1, 0.15) is 53.0 Å². The molecule has 1 saturated heterocycles. The summed E-state index contributed by atoms with van der Waals surface area (Å²) in [5, 5.41) is 4.06. The maximum absolute atomic E-state index is 12.7. The van der Waals surface area contributed by atoms with Crippen LogP contribution in [-0.4, -0.2) is 33.5 Å². The van der Waals surface area contributed by atoms with E-state index in [1.54, 1.807) is 0 Å². The molecule has 0 unspecified atom stereocenters. The molecule has 0 bridgehead atoms. The van der Waals surface area contributed by atoms with Crippen molar-refractivity contribution in [1.29, 1.82) is 0 Å².